The smallest absolute Gasteiger partial charge is 0.416 e. The molecule has 0 spiro atoms. The van der Waals surface area contributed by atoms with E-state index in [-0.39, 0.29) is 30.9 Å². The Kier molecular flexibility index (Phi) is 5.43. The summed E-state index contributed by atoms with van der Waals surface area (Å²) in [5, 5.41) is 0. The van der Waals surface area contributed by atoms with Crippen molar-refractivity contribution in [3.8, 4) is 17.2 Å². The van der Waals surface area contributed by atoms with Crippen molar-refractivity contribution in [1.82, 2.24) is 4.90 Å². The molecule has 0 aliphatic carbocycles. The van der Waals surface area contributed by atoms with Gasteiger partial charge < -0.3 is 19.1 Å². The number of rotatable bonds is 5. The highest BCUT2D eigenvalue weighted by molar-refractivity contribution is 5.77. The molecule has 0 aromatic heterocycles. The summed E-state index contributed by atoms with van der Waals surface area (Å²) >= 11 is 0. The Morgan fingerprint density at radius 3 is 2.67 bits per heavy atom. The number of nitrogens with zero attached hydrogens (tertiary/aromatic N) is 1. The molecule has 3 rings (SSSR count). The van der Waals surface area contributed by atoms with E-state index in [0.29, 0.717) is 18.1 Å². The molecule has 5 nitrogen and oxygen atoms in total. The monoisotopic (exact) mass is 381 g/mol. The van der Waals surface area contributed by atoms with Crippen molar-refractivity contribution in [2.75, 3.05) is 26.8 Å². The number of alkyl halides is 3. The van der Waals surface area contributed by atoms with Gasteiger partial charge in [-0.05, 0) is 30.3 Å². The summed E-state index contributed by atoms with van der Waals surface area (Å²) in [6, 6.07) is 11.6. The molecule has 1 heterocycles. The van der Waals surface area contributed by atoms with Gasteiger partial charge in [-0.15, -0.1) is 0 Å². The highest BCUT2D eigenvalue weighted by atomic mass is 19.4. The normalized spacial score (nSPS) is 15.9. The molecule has 1 atom stereocenters. The number of ether oxygens (including phenoxy) is 3. The molecule has 2 aromatic carbocycles. The van der Waals surface area contributed by atoms with Crippen LogP contribution in [0.5, 0.6) is 17.2 Å². The first kappa shape index (κ1) is 18.9. The molecule has 0 saturated heterocycles. The number of fused-ring (bicyclic) bond motifs is 1. The van der Waals surface area contributed by atoms with Gasteiger partial charge >= 0.3 is 6.18 Å². The fourth-order valence-electron chi connectivity index (χ4n) is 2.58. The predicted octanol–water partition coefficient (Wildman–Crippen LogP) is 3.38. The van der Waals surface area contributed by atoms with Crippen molar-refractivity contribution in [3.05, 3.63) is 54.1 Å². The Balaban J connectivity index is 1.51. The van der Waals surface area contributed by atoms with Crippen LogP contribution in [0.3, 0.4) is 0 Å². The summed E-state index contributed by atoms with van der Waals surface area (Å²) < 4.78 is 54.7. The third-order valence-electron chi connectivity index (χ3n) is 3.99. The van der Waals surface area contributed by atoms with E-state index in [9.17, 15) is 18.0 Å². The van der Waals surface area contributed by atoms with E-state index in [2.05, 4.69) is 0 Å². The summed E-state index contributed by atoms with van der Waals surface area (Å²) in [5.74, 6) is 0.859. The molecule has 144 valence electrons. The van der Waals surface area contributed by atoms with E-state index in [1.54, 1.807) is 19.2 Å². The van der Waals surface area contributed by atoms with Crippen LogP contribution in [0.4, 0.5) is 13.2 Å². The molecule has 0 fully saturated rings. The number of carbonyl (C=O) groups excluding carboxylic acids is 1. The number of hydrogen-bond acceptors (Lipinski definition) is 4. The number of amides is 1. The van der Waals surface area contributed by atoms with Gasteiger partial charge in [0.05, 0.1) is 12.1 Å². The molecule has 1 aliphatic heterocycles. The lowest BCUT2D eigenvalue weighted by molar-refractivity contribution is -0.137. The zero-order valence-electron chi connectivity index (χ0n) is 14.5. The first-order valence-corrected chi connectivity index (χ1v) is 8.25. The standard InChI is InChI=1S/C19H18F3NO4/c1-23(10-15-11-26-16-7-2-3-8-17(16)27-15)18(24)12-25-14-6-4-5-13(9-14)19(20,21)22/h2-9,15H,10-12H2,1H3. The molecular weight excluding hydrogens is 363 g/mol. The molecule has 2 aromatic rings. The van der Waals surface area contributed by atoms with Crippen molar-refractivity contribution in [2.45, 2.75) is 12.3 Å². The largest absolute Gasteiger partial charge is 0.486 e. The van der Waals surface area contributed by atoms with E-state index < -0.39 is 11.7 Å². The molecule has 0 radical (unpaired) electrons. The minimum absolute atomic E-state index is 0.0160. The Hall–Kier alpha value is -2.90. The molecule has 0 N–H and O–H groups in total. The van der Waals surface area contributed by atoms with Crippen LogP contribution >= 0.6 is 0 Å². The number of likely N-dealkylation sites (N-methyl/N-ethyl adjacent to an activating group) is 1. The average Bonchev–Trinajstić information content (AvgIpc) is 2.65. The lowest BCUT2D eigenvalue weighted by Gasteiger charge is -2.29. The molecule has 0 bridgehead atoms. The number of para-hydroxylation sites is 2. The maximum absolute atomic E-state index is 12.7. The molecule has 1 amide bonds. The molecule has 1 unspecified atom stereocenters. The second-order valence-corrected chi connectivity index (χ2v) is 6.09. The Bertz CT molecular complexity index is 810. The topological polar surface area (TPSA) is 48.0 Å². The highest BCUT2D eigenvalue weighted by Crippen LogP contribution is 2.32. The van der Waals surface area contributed by atoms with E-state index in [1.165, 1.54) is 17.0 Å². The molecule has 27 heavy (non-hydrogen) atoms. The highest BCUT2D eigenvalue weighted by Gasteiger charge is 2.30. The van der Waals surface area contributed by atoms with Crippen LogP contribution in [0.1, 0.15) is 5.56 Å². The van der Waals surface area contributed by atoms with Crippen LogP contribution in [-0.4, -0.2) is 43.7 Å². The Morgan fingerprint density at radius 2 is 1.93 bits per heavy atom. The first-order chi connectivity index (χ1) is 12.8. The van der Waals surface area contributed by atoms with Crippen LogP contribution < -0.4 is 14.2 Å². The van der Waals surface area contributed by atoms with Crippen molar-refractivity contribution < 1.29 is 32.2 Å². The average molecular weight is 381 g/mol. The maximum Gasteiger partial charge on any atom is 0.416 e. The van der Waals surface area contributed by atoms with Crippen molar-refractivity contribution in [3.63, 3.8) is 0 Å². The molecule has 0 saturated carbocycles. The third-order valence-corrected chi connectivity index (χ3v) is 3.99. The fourth-order valence-corrected chi connectivity index (χ4v) is 2.58. The third kappa shape index (κ3) is 4.84. The number of halogens is 3. The summed E-state index contributed by atoms with van der Waals surface area (Å²) in [7, 11) is 1.57. The predicted molar refractivity (Wildman–Crippen MR) is 90.9 cm³/mol. The van der Waals surface area contributed by atoms with Gasteiger partial charge in [0.1, 0.15) is 12.4 Å². The quantitative estimate of drug-likeness (QED) is 0.797. The first-order valence-electron chi connectivity index (χ1n) is 8.25. The van der Waals surface area contributed by atoms with Crippen molar-refractivity contribution in [1.29, 1.82) is 0 Å². The zero-order valence-corrected chi connectivity index (χ0v) is 14.5. The maximum atomic E-state index is 12.7. The van der Waals surface area contributed by atoms with Crippen molar-refractivity contribution in [2.24, 2.45) is 0 Å². The zero-order chi connectivity index (χ0) is 19.4. The van der Waals surface area contributed by atoms with Crippen LogP contribution in [0, 0.1) is 0 Å². The van der Waals surface area contributed by atoms with Gasteiger partial charge in [-0.1, -0.05) is 18.2 Å². The second kappa shape index (κ2) is 7.77. The van der Waals surface area contributed by atoms with E-state index >= 15 is 0 Å². The number of carbonyl (C=O) groups is 1. The van der Waals surface area contributed by atoms with Gasteiger partial charge in [0, 0.05) is 7.05 Å². The van der Waals surface area contributed by atoms with E-state index in [1.807, 2.05) is 12.1 Å². The number of hydrogen-bond donors (Lipinski definition) is 0. The van der Waals surface area contributed by atoms with Gasteiger partial charge in [-0.3, -0.25) is 4.79 Å². The van der Waals surface area contributed by atoms with E-state index in [4.69, 9.17) is 14.2 Å². The van der Waals surface area contributed by atoms with Gasteiger partial charge in [-0.25, -0.2) is 0 Å². The minimum Gasteiger partial charge on any atom is -0.486 e. The summed E-state index contributed by atoms with van der Waals surface area (Å²) in [6.07, 6.45) is -4.81. The molecular formula is C19H18F3NO4. The summed E-state index contributed by atoms with van der Waals surface area (Å²) in [6.45, 7) is 0.185. The van der Waals surface area contributed by atoms with Gasteiger partial charge in [-0.2, -0.15) is 13.2 Å². The Labute approximate surface area is 154 Å². The van der Waals surface area contributed by atoms with Crippen molar-refractivity contribution >= 4 is 5.91 Å². The SMILES string of the molecule is CN(CC1COc2ccccc2O1)C(=O)COc1cccc(C(F)(F)F)c1. The van der Waals surface area contributed by atoms with Gasteiger partial charge in [0.25, 0.3) is 5.91 Å². The lowest BCUT2D eigenvalue weighted by atomic mass is 10.2. The second-order valence-electron chi connectivity index (χ2n) is 6.09. The Morgan fingerprint density at radius 1 is 1.19 bits per heavy atom. The van der Waals surface area contributed by atoms with Crippen LogP contribution in [0.25, 0.3) is 0 Å². The fraction of sp³-hybridized carbons (Fsp3) is 0.316. The summed E-state index contributed by atoms with van der Waals surface area (Å²) in [5.41, 5.74) is -0.827. The summed E-state index contributed by atoms with van der Waals surface area (Å²) in [4.78, 5) is 13.6. The van der Waals surface area contributed by atoms with Gasteiger partial charge in [0.2, 0.25) is 0 Å². The van der Waals surface area contributed by atoms with Crippen LogP contribution in [-0.2, 0) is 11.0 Å². The van der Waals surface area contributed by atoms with Crippen LogP contribution in [0.2, 0.25) is 0 Å². The van der Waals surface area contributed by atoms with Crippen LogP contribution in [0.15, 0.2) is 48.5 Å². The number of benzene rings is 2. The van der Waals surface area contributed by atoms with E-state index in [0.717, 1.165) is 12.1 Å². The molecule has 1 aliphatic rings. The minimum atomic E-state index is -4.46. The van der Waals surface area contributed by atoms with Gasteiger partial charge in [0.15, 0.2) is 24.2 Å². The lowest BCUT2D eigenvalue weighted by Crippen LogP contribution is -2.43. The molecule has 8 heteroatoms.